The molecule has 7 heteroatoms. The fraction of sp³-hybridized carbons (Fsp3) is 0.406. The number of hydrogen-bond acceptors (Lipinski definition) is 5. The number of methoxy groups -OCH3 is 3. The first-order valence-corrected chi connectivity index (χ1v) is 13.4. The van der Waals surface area contributed by atoms with Crippen molar-refractivity contribution in [1.82, 2.24) is 9.80 Å². The number of amides is 1. The number of aryl methyl sites for hydroxylation is 2. The molecule has 2 aliphatic rings. The molecule has 5 rings (SSSR count). The van der Waals surface area contributed by atoms with E-state index in [1.54, 1.807) is 45.6 Å². The molecule has 0 radical (unpaired) electrons. The second-order valence-electron chi connectivity index (χ2n) is 10.9. The molecule has 0 N–H and O–H groups in total. The van der Waals surface area contributed by atoms with Gasteiger partial charge in [-0.15, -0.1) is 0 Å². The molecular formula is C32H37FN2O4. The molecule has 1 amide bonds. The van der Waals surface area contributed by atoms with Crippen molar-refractivity contribution in [2.24, 2.45) is 5.41 Å². The Morgan fingerprint density at radius 2 is 1.56 bits per heavy atom. The van der Waals surface area contributed by atoms with Crippen molar-refractivity contribution >= 4 is 5.91 Å². The van der Waals surface area contributed by atoms with E-state index in [4.69, 9.17) is 14.2 Å². The lowest BCUT2D eigenvalue weighted by molar-refractivity contribution is -0.113. The number of carbonyl (C=O) groups is 1. The van der Waals surface area contributed by atoms with Crippen LogP contribution in [0.4, 0.5) is 4.39 Å². The fourth-order valence-corrected chi connectivity index (χ4v) is 6.43. The first kappa shape index (κ1) is 27.0. The van der Waals surface area contributed by atoms with Crippen molar-refractivity contribution in [3.05, 3.63) is 88.2 Å². The van der Waals surface area contributed by atoms with Gasteiger partial charge in [-0.25, -0.2) is 4.39 Å². The number of nitrogens with zero attached hydrogens (tertiary/aromatic N) is 2. The number of rotatable bonds is 7. The van der Waals surface area contributed by atoms with Gasteiger partial charge in [0.2, 0.25) is 5.75 Å². The van der Waals surface area contributed by atoms with Crippen molar-refractivity contribution in [3.63, 3.8) is 0 Å². The van der Waals surface area contributed by atoms with Crippen LogP contribution in [0.5, 0.6) is 17.2 Å². The third-order valence-corrected chi connectivity index (χ3v) is 8.48. The SMILES string of the molecule is COc1cc(C(=O)N2CCC3(CC2)CN(Cc2ccc(C)cc2C)C3c2ccc(F)cc2)cc(OC)c1OC. The van der Waals surface area contributed by atoms with Crippen LogP contribution in [0.2, 0.25) is 0 Å². The number of halogens is 1. The van der Waals surface area contributed by atoms with Gasteiger partial charge in [-0.1, -0.05) is 35.9 Å². The molecule has 2 heterocycles. The van der Waals surface area contributed by atoms with Gasteiger partial charge in [0.25, 0.3) is 5.91 Å². The number of likely N-dealkylation sites (tertiary alicyclic amines) is 2. The van der Waals surface area contributed by atoms with Crippen molar-refractivity contribution < 1.29 is 23.4 Å². The molecule has 2 fully saturated rings. The molecule has 6 nitrogen and oxygen atoms in total. The van der Waals surface area contributed by atoms with Gasteiger partial charge in [0.05, 0.1) is 21.3 Å². The van der Waals surface area contributed by atoms with Gasteiger partial charge >= 0.3 is 0 Å². The lowest BCUT2D eigenvalue weighted by atomic mass is 9.63. The molecule has 0 aliphatic carbocycles. The molecule has 2 saturated heterocycles. The van der Waals surface area contributed by atoms with E-state index in [2.05, 4.69) is 36.9 Å². The highest BCUT2D eigenvalue weighted by Crippen LogP contribution is 2.55. The van der Waals surface area contributed by atoms with Crippen LogP contribution in [0.1, 0.15) is 51.5 Å². The molecule has 1 atom stereocenters. The van der Waals surface area contributed by atoms with Gasteiger partial charge in [0.15, 0.2) is 11.5 Å². The Hall–Kier alpha value is -3.58. The van der Waals surface area contributed by atoms with E-state index < -0.39 is 0 Å². The lowest BCUT2D eigenvalue weighted by Gasteiger charge is -2.61. The van der Waals surface area contributed by atoms with E-state index in [9.17, 15) is 9.18 Å². The normalized spacial score (nSPS) is 18.5. The molecule has 39 heavy (non-hydrogen) atoms. The summed E-state index contributed by atoms with van der Waals surface area (Å²) in [6, 6.07) is 17.2. The molecule has 2 aliphatic heterocycles. The summed E-state index contributed by atoms with van der Waals surface area (Å²) < 4.78 is 30.1. The summed E-state index contributed by atoms with van der Waals surface area (Å²) in [5, 5.41) is 0. The summed E-state index contributed by atoms with van der Waals surface area (Å²) in [4.78, 5) is 18.0. The van der Waals surface area contributed by atoms with Crippen LogP contribution in [-0.2, 0) is 6.54 Å². The van der Waals surface area contributed by atoms with E-state index in [0.29, 0.717) is 35.9 Å². The van der Waals surface area contributed by atoms with Crippen LogP contribution >= 0.6 is 0 Å². The first-order chi connectivity index (χ1) is 18.8. The van der Waals surface area contributed by atoms with Crippen LogP contribution < -0.4 is 14.2 Å². The third kappa shape index (κ3) is 5.08. The Morgan fingerprint density at radius 3 is 2.13 bits per heavy atom. The van der Waals surface area contributed by atoms with Gasteiger partial charge in [0.1, 0.15) is 5.82 Å². The smallest absolute Gasteiger partial charge is 0.254 e. The quantitative estimate of drug-likeness (QED) is 0.377. The number of hydrogen-bond donors (Lipinski definition) is 0. The Bertz CT molecular complexity index is 1320. The number of ether oxygens (including phenoxy) is 3. The zero-order valence-electron chi connectivity index (χ0n) is 23.4. The molecule has 1 unspecified atom stereocenters. The minimum absolute atomic E-state index is 0.0441. The molecule has 206 valence electrons. The zero-order valence-corrected chi connectivity index (χ0v) is 23.4. The summed E-state index contributed by atoms with van der Waals surface area (Å²) in [7, 11) is 4.64. The molecule has 0 aromatic heterocycles. The highest BCUT2D eigenvalue weighted by atomic mass is 19.1. The maximum atomic E-state index is 13.8. The number of benzene rings is 3. The zero-order chi connectivity index (χ0) is 27.7. The second kappa shape index (κ2) is 10.9. The fourth-order valence-electron chi connectivity index (χ4n) is 6.43. The van der Waals surface area contributed by atoms with Gasteiger partial charge in [-0.2, -0.15) is 0 Å². The summed E-state index contributed by atoms with van der Waals surface area (Å²) >= 11 is 0. The van der Waals surface area contributed by atoms with Crippen molar-refractivity contribution in [2.75, 3.05) is 41.0 Å². The lowest BCUT2D eigenvalue weighted by Crippen LogP contribution is -2.62. The molecular weight excluding hydrogens is 495 g/mol. The third-order valence-electron chi connectivity index (χ3n) is 8.48. The minimum atomic E-state index is -0.223. The largest absolute Gasteiger partial charge is 0.493 e. The predicted molar refractivity (Wildman–Crippen MR) is 149 cm³/mol. The number of carbonyl (C=O) groups excluding carboxylic acids is 1. The molecule has 1 spiro atoms. The van der Waals surface area contributed by atoms with E-state index in [-0.39, 0.29) is 23.2 Å². The van der Waals surface area contributed by atoms with Crippen LogP contribution in [0.25, 0.3) is 0 Å². The Balaban J connectivity index is 1.35. The monoisotopic (exact) mass is 532 g/mol. The van der Waals surface area contributed by atoms with Crippen molar-refractivity contribution in [1.29, 1.82) is 0 Å². The number of piperidine rings is 1. The predicted octanol–water partition coefficient (Wildman–Crippen LogP) is 5.95. The molecule has 3 aromatic rings. The van der Waals surface area contributed by atoms with Crippen molar-refractivity contribution in [3.8, 4) is 17.2 Å². The summed E-state index contributed by atoms with van der Waals surface area (Å²) in [6.07, 6.45) is 1.77. The first-order valence-electron chi connectivity index (χ1n) is 13.4. The highest BCUT2D eigenvalue weighted by molar-refractivity contribution is 5.95. The Kier molecular flexibility index (Phi) is 7.54. The molecule has 0 saturated carbocycles. The van der Waals surface area contributed by atoms with E-state index in [0.717, 1.165) is 31.5 Å². The van der Waals surface area contributed by atoms with Gasteiger partial charge in [0, 0.05) is 43.2 Å². The maximum Gasteiger partial charge on any atom is 0.254 e. The average Bonchev–Trinajstić information content (AvgIpc) is 2.94. The molecule has 3 aromatic carbocycles. The van der Waals surface area contributed by atoms with Gasteiger partial charge in [-0.05, 0) is 67.6 Å². The average molecular weight is 533 g/mol. The molecule has 0 bridgehead atoms. The standard InChI is InChI=1S/C32H37FN2O4/c1-21-6-7-24(22(2)16-21)19-35-20-32(30(35)23-8-10-26(33)11-9-23)12-14-34(15-13-32)31(36)25-17-27(37-3)29(39-5)28(18-25)38-4/h6-11,16-18,30H,12-15,19-20H2,1-5H3. The minimum Gasteiger partial charge on any atom is -0.493 e. The van der Waals surface area contributed by atoms with E-state index >= 15 is 0 Å². The van der Waals surface area contributed by atoms with Crippen LogP contribution in [-0.4, -0.2) is 56.7 Å². The maximum absolute atomic E-state index is 13.8. The summed E-state index contributed by atoms with van der Waals surface area (Å²) in [5.74, 6) is 1.12. The highest BCUT2D eigenvalue weighted by Gasteiger charge is 2.54. The van der Waals surface area contributed by atoms with Crippen molar-refractivity contribution in [2.45, 2.75) is 39.3 Å². The van der Waals surface area contributed by atoms with E-state index in [1.165, 1.54) is 16.7 Å². The summed E-state index contributed by atoms with van der Waals surface area (Å²) in [5.41, 5.74) is 5.56. The summed E-state index contributed by atoms with van der Waals surface area (Å²) in [6.45, 7) is 7.40. The van der Waals surface area contributed by atoms with Crippen LogP contribution in [0.15, 0.2) is 54.6 Å². The van der Waals surface area contributed by atoms with Gasteiger partial charge in [-0.3, -0.25) is 9.69 Å². The van der Waals surface area contributed by atoms with Crippen LogP contribution in [0.3, 0.4) is 0 Å². The Morgan fingerprint density at radius 1 is 0.923 bits per heavy atom. The van der Waals surface area contributed by atoms with Crippen LogP contribution in [0, 0.1) is 25.1 Å². The Labute approximate surface area is 230 Å². The second-order valence-corrected chi connectivity index (χ2v) is 10.9. The van der Waals surface area contributed by atoms with Gasteiger partial charge < -0.3 is 19.1 Å². The topological polar surface area (TPSA) is 51.2 Å². The van der Waals surface area contributed by atoms with E-state index in [1.807, 2.05) is 17.0 Å².